The first kappa shape index (κ1) is 12.6. The number of aryl methyl sites for hydroxylation is 1. The smallest absolute Gasteiger partial charge is 0.229 e. The second kappa shape index (κ2) is 5.20. The van der Waals surface area contributed by atoms with Crippen LogP contribution in [0, 0.1) is 0 Å². The monoisotopic (exact) mass is 248 g/mol. The quantitative estimate of drug-likeness (QED) is 0.869. The highest BCUT2D eigenvalue weighted by Crippen LogP contribution is 2.20. The van der Waals surface area contributed by atoms with Crippen molar-refractivity contribution in [3.8, 4) is 0 Å². The maximum atomic E-state index is 5.96. The minimum absolute atomic E-state index is 0.498. The van der Waals surface area contributed by atoms with Crippen molar-refractivity contribution in [1.29, 1.82) is 0 Å². The molecule has 0 bridgehead atoms. The van der Waals surface area contributed by atoms with E-state index in [1.807, 2.05) is 7.05 Å². The first-order valence-corrected chi connectivity index (χ1v) is 6.37. The van der Waals surface area contributed by atoms with Crippen LogP contribution in [0.1, 0.15) is 26.7 Å². The second-order valence-electron chi connectivity index (χ2n) is 4.35. The lowest BCUT2D eigenvalue weighted by Gasteiger charge is -2.20. The fraction of sp³-hybridized carbons (Fsp3) is 0.583. The molecule has 18 heavy (non-hydrogen) atoms. The molecule has 6 nitrogen and oxygen atoms in total. The van der Waals surface area contributed by atoms with Gasteiger partial charge in [-0.1, -0.05) is 13.3 Å². The number of nitrogens with zero attached hydrogens (tertiary/aromatic N) is 5. The van der Waals surface area contributed by atoms with Crippen LogP contribution in [-0.2, 0) is 7.05 Å². The first-order chi connectivity index (χ1) is 8.67. The van der Waals surface area contributed by atoms with Crippen molar-refractivity contribution >= 4 is 22.8 Å². The molecule has 2 N–H and O–H groups in total. The summed E-state index contributed by atoms with van der Waals surface area (Å²) in [4.78, 5) is 11.1. The molecule has 2 aromatic heterocycles. The largest absolute Gasteiger partial charge is 0.383 e. The van der Waals surface area contributed by atoms with E-state index in [9.17, 15) is 0 Å². The minimum Gasteiger partial charge on any atom is -0.383 e. The number of hydrogen-bond acceptors (Lipinski definition) is 5. The van der Waals surface area contributed by atoms with Gasteiger partial charge in [0.2, 0.25) is 5.95 Å². The molecule has 0 aliphatic carbocycles. The molecule has 0 aliphatic heterocycles. The average molecular weight is 248 g/mol. The van der Waals surface area contributed by atoms with Crippen LogP contribution in [0.5, 0.6) is 0 Å². The third-order valence-electron chi connectivity index (χ3n) is 3.06. The number of nitrogens with two attached hydrogens (primary N) is 1. The SMILES string of the molecule is CCCCN(CC)c1nc(N)c2cnn(C)c2n1. The Labute approximate surface area is 107 Å². The van der Waals surface area contributed by atoms with Crippen LogP contribution in [0.2, 0.25) is 0 Å². The van der Waals surface area contributed by atoms with Crippen LogP contribution in [0.15, 0.2) is 6.20 Å². The van der Waals surface area contributed by atoms with E-state index >= 15 is 0 Å². The molecule has 98 valence electrons. The van der Waals surface area contributed by atoms with Gasteiger partial charge < -0.3 is 10.6 Å². The maximum absolute atomic E-state index is 5.96. The summed E-state index contributed by atoms with van der Waals surface area (Å²) in [5.41, 5.74) is 6.75. The molecule has 2 aromatic rings. The Hall–Kier alpha value is -1.85. The third kappa shape index (κ3) is 2.23. The molecule has 0 saturated heterocycles. The van der Waals surface area contributed by atoms with Crippen LogP contribution in [0.3, 0.4) is 0 Å². The Morgan fingerprint density at radius 3 is 2.78 bits per heavy atom. The predicted molar refractivity (Wildman–Crippen MR) is 73.5 cm³/mol. The lowest BCUT2D eigenvalue weighted by Crippen LogP contribution is -2.26. The summed E-state index contributed by atoms with van der Waals surface area (Å²) < 4.78 is 1.73. The Morgan fingerprint density at radius 2 is 2.11 bits per heavy atom. The van der Waals surface area contributed by atoms with Gasteiger partial charge in [-0.05, 0) is 13.3 Å². The van der Waals surface area contributed by atoms with E-state index in [2.05, 4.69) is 33.8 Å². The molecule has 0 spiro atoms. The number of hydrogen-bond donors (Lipinski definition) is 1. The lowest BCUT2D eigenvalue weighted by molar-refractivity contribution is 0.713. The van der Waals surface area contributed by atoms with Crippen LogP contribution < -0.4 is 10.6 Å². The van der Waals surface area contributed by atoms with E-state index in [-0.39, 0.29) is 0 Å². The molecule has 6 heteroatoms. The van der Waals surface area contributed by atoms with Crippen molar-refractivity contribution in [3.63, 3.8) is 0 Å². The van der Waals surface area contributed by atoms with Crippen LogP contribution in [0.4, 0.5) is 11.8 Å². The van der Waals surface area contributed by atoms with Gasteiger partial charge >= 0.3 is 0 Å². The van der Waals surface area contributed by atoms with Gasteiger partial charge in [0.05, 0.1) is 11.6 Å². The molecule has 0 fully saturated rings. The summed E-state index contributed by atoms with van der Waals surface area (Å²) >= 11 is 0. The summed E-state index contributed by atoms with van der Waals surface area (Å²) in [5, 5.41) is 4.97. The van der Waals surface area contributed by atoms with E-state index < -0.39 is 0 Å². The summed E-state index contributed by atoms with van der Waals surface area (Å²) in [7, 11) is 1.86. The minimum atomic E-state index is 0.498. The fourth-order valence-electron chi connectivity index (χ4n) is 1.92. The topological polar surface area (TPSA) is 72.9 Å². The molecule has 0 aliphatic rings. The summed E-state index contributed by atoms with van der Waals surface area (Å²) in [5.74, 6) is 1.19. The summed E-state index contributed by atoms with van der Waals surface area (Å²) in [6.45, 7) is 6.11. The molecule has 0 unspecified atom stereocenters. The van der Waals surface area contributed by atoms with Crippen LogP contribution >= 0.6 is 0 Å². The van der Waals surface area contributed by atoms with Gasteiger partial charge in [0.1, 0.15) is 5.82 Å². The Morgan fingerprint density at radius 1 is 1.33 bits per heavy atom. The van der Waals surface area contributed by atoms with Gasteiger partial charge in [-0.25, -0.2) is 0 Å². The highest BCUT2D eigenvalue weighted by atomic mass is 15.3. The number of rotatable bonds is 5. The van der Waals surface area contributed by atoms with Crippen molar-refractivity contribution in [2.24, 2.45) is 7.05 Å². The van der Waals surface area contributed by atoms with Crippen molar-refractivity contribution in [2.45, 2.75) is 26.7 Å². The summed E-state index contributed by atoms with van der Waals surface area (Å²) in [6.07, 6.45) is 3.98. The van der Waals surface area contributed by atoms with Crippen molar-refractivity contribution in [1.82, 2.24) is 19.7 Å². The van der Waals surface area contributed by atoms with Gasteiger partial charge in [0.25, 0.3) is 0 Å². The number of aromatic nitrogens is 4. The van der Waals surface area contributed by atoms with E-state index in [1.165, 1.54) is 0 Å². The average Bonchev–Trinajstić information content (AvgIpc) is 2.73. The molecular formula is C12H20N6. The van der Waals surface area contributed by atoms with Crippen molar-refractivity contribution < 1.29 is 0 Å². The Balaban J connectivity index is 2.40. The molecule has 2 rings (SSSR count). The zero-order chi connectivity index (χ0) is 13.1. The summed E-state index contributed by atoms with van der Waals surface area (Å²) in [6, 6.07) is 0. The zero-order valence-corrected chi connectivity index (χ0v) is 11.2. The number of fused-ring (bicyclic) bond motifs is 1. The molecule has 2 heterocycles. The van der Waals surface area contributed by atoms with Gasteiger partial charge in [-0.2, -0.15) is 15.1 Å². The van der Waals surface area contributed by atoms with E-state index in [4.69, 9.17) is 5.73 Å². The van der Waals surface area contributed by atoms with E-state index in [0.29, 0.717) is 11.8 Å². The van der Waals surface area contributed by atoms with Crippen LogP contribution in [-0.4, -0.2) is 32.8 Å². The van der Waals surface area contributed by atoms with E-state index in [1.54, 1.807) is 10.9 Å². The fourth-order valence-corrected chi connectivity index (χ4v) is 1.92. The molecule has 0 saturated carbocycles. The third-order valence-corrected chi connectivity index (χ3v) is 3.06. The molecular weight excluding hydrogens is 228 g/mol. The number of unbranched alkanes of at least 4 members (excludes halogenated alkanes) is 1. The maximum Gasteiger partial charge on any atom is 0.229 e. The molecule has 0 aromatic carbocycles. The van der Waals surface area contributed by atoms with Gasteiger partial charge in [0.15, 0.2) is 5.65 Å². The number of nitrogen functional groups attached to an aromatic ring is 1. The normalized spacial score (nSPS) is 11.1. The van der Waals surface area contributed by atoms with Gasteiger partial charge in [-0.15, -0.1) is 0 Å². The molecule has 0 amide bonds. The van der Waals surface area contributed by atoms with Gasteiger partial charge in [0, 0.05) is 20.1 Å². The first-order valence-electron chi connectivity index (χ1n) is 6.37. The van der Waals surface area contributed by atoms with Crippen molar-refractivity contribution in [3.05, 3.63) is 6.20 Å². The van der Waals surface area contributed by atoms with Gasteiger partial charge in [-0.3, -0.25) is 4.68 Å². The lowest BCUT2D eigenvalue weighted by atomic mass is 10.3. The highest BCUT2D eigenvalue weighted by Gasteiger charge is 2.13. The standard InChI is InChI=1S/C12H20N6/c1-4-6-7-18(5-2)12-15-10(13)9-8-14-17(3)11(9)16-12/h8H,4-7H2,1-3H3,(H2,13,15,16). The number of anilines is 2. The predicted octanol–water partition coefficient (Wildman–Crippen LogP) is 1.57. The Kier molecular flexibility index (Phi) is 3.64. The van der Waals surface area contributed by atoms with Crippen molar-refractivity contribution in [2.75, 3.05) is 23.7 Å². The Bertz CT molecular complexity index is 533. The molecule has 0 atom stereocenters. The zero-order valence-electron chi connectivity index (χ0n) is 11.2. The molecule has 0 radical (unpaired) electrons. The second-order valence-corrected chi connectivity index (χ2v) is 4.35. The van der Waals surface area contributed by atoms with E-state index in [0.717, 1.165) is 37.0 Å². The van der Waals surface area contributed by atoms with Crippen LogP contribution in [0.25, 0.3) is 11.0 Å². The highest BCUT2D eigenvalue weighted by molar-refractivity contribution is 5.86.